The van der Waals surface area contributed by atoms with Crippen molar-refractivity contribution in [3.63, 3.8) is 0 Å². The van der Waals surface area contributed by atoms with Crippen molar-refractivity contribution in [2.24, 2.45) is 0 Å². The van der Waals surface area contributed by atoms with Gasteiger partial charge in [-0.1, -0.05) is 0 Å². The Morgan fingerprint density at radius 3 is 2.67 bits per heavy atom. The van der Waals surface area contributed by atoms with Crippen molar-refractivity contribution >= 4 is 22.6 Å². The van der Waals surface area contributed by atoms with Gasteiger partial charge in [-0.2, -0.15) is 0 Å². The van der Waals surface area contributed by atoms with Gasteiger partial charge in [0.05, 0.1) is 22.4 Å². The summed E-state index contributed by atoms with van der Waals surface area (Å²) in [6.07, 6.45) is 1.43. The Balaban J connectivity index is 2.79. The minimum absolute atomic E-state index is 0.119. The lowest BCUT2D eigenvalue weighted by Crippen LogP contribution is -2.20. The fourth-order valence-corrected chi connectivity index (χ4v) is 2.11. The van der Waals surface area contributed by atoms with E-state index in [0.29, 0.717) is 12.1 Å². The Bertz CT molecular complexity index is 779. The van der Waals surface area contributed by atoms with E-state index >= 15 is 0 Å². The van der Waals surface area contributed by atoms with Gasteiger partial charge in [0.2, 0.25) is 5.43 Å². The number of aryl methyl sites for hydroxylation is 1. The highest BCUT2D eigenvalue weighted by Crippen LogP contribution is 2.19. The minimum atomic E-state index is -0.724. The molecule has 0 fully saturated rings. The number of fused-ring (bicyclic) bond motifs is 1. The van der Waals surface area contributed by atoms with E-state index in [0.717, 1.165) is 0 Å². The van der Waals surface area contributed by atoms with Crippen molar-refractivity contribution in [1.29, 1.82) is 0 Å². The van der Waals surface area contributed by atoms with Crippen molar-refractivity contribution in [1.82, 2.24) is 4.57 Å². The van der Waals surface area contributed by atoms with Crippen LogP contribution in [-0.2, 0) is 11.3 Å². The summed E-state index contributed by atoms with van der Waals surface area (Å²) in [5, 5.41) is 11.0. The van der Waals surface area contributed by atoms with Crippen LogP contribution in [0.1, 0.15) is 24.2 Å². The largest absolute Gasteiger partial charge is 0.462 e. The quantitative estimate of drug-likeness (QED) is 0.488. The third-order valence-electron chi connectivity index (χ3n) is 3.11. The van der Waals surface area contributed by atoms with Crippen LogP contribution in [0, 0.1) is 10.1 Å². The Kier molecular flexibility index (Phi) is 4.02. The molecule has 0 bridgehead atoms. The van der Waals surface area contributed by atoms with E-state index in [4.69, 9.17) is 4.74 Å². The first-order valence-corrected chi connectivity index (χ1v) is 6.48. The third kappa shape index (κ3) is 2.62. The van der Waals surface area contributed by atoms with Gasteiger partial charge in [-0.15, -0.1) is 0 Å². The van der Waals surface area contributed by atoms with Crippen molar-refractivity contribution in [3.8, 4) is 0 Å². The van der Waals surface area contributed by atoms with Crippen LogP contribution in [0.2, 0.25) is 0 Å². The first-order chi connectivity index (χ1) is 9.99. The van der Waals surface area contributed by atoms with Gasteiger partial charge in [0.15, 0.2) is 0 Å². The van der Waals surface area contributed by atoms with Crippen molar-refractivity contribution in [3.05, 3.63) is 50.3 Å². The Morgan fingerprint density at radius 1 is 1.38 bits per heavy atom. The second-order valence-corrected chi connectivity index (χ2v) is 4.34. The van der Waals surface area contributed by atoms with E-state index < -0.39 is 16.3 Å². The number of aromatic nitrogens is 1. The number of nitrogens with zero attached hydrogens (tertiary/aromatic N) is 2. The predicted octanol–water partition coefficient (Wildman–Crippen LogP) is 2.11. The summed E-state index contributed by atoms with van der Waals surface area (Å²) in [6.45, 7) is 4.15. The summed E-state index contributed by atoms with van der Waals surface area (Å²) >= 11 is 0. The Hall–Kier alpha value is -2.70. The van der Waals surface area contributed by atoms with Crippen LogP contribution < -0.4 is 5.43 Å². The molecule has 0 N–H and O–H groups in total. The number of benzene rings is 1. The van der Waals surface area contributed by atoms with Crippen molar-refractivity contribution < 1.29 is 14.5 Å². The number of non-ortho nitro benzene ring substituents is 1. The molecular weight excluding hydrogens is 276 g/mol. The van der Waals surface area contributed by atoms with Gasteiger partial charge in [-0.05, 0) is 19.9 Å². The Morgan fingerprint density at radius 2 is 2.10 bits per heavy atom. The third-order valence-corrected chi connectivity index (χ3v) is 3.11. The monoisotopic (exact) mass is 290 g/mol. The zero-order chi connectivity index (χ0) is 15.6. The van der Waals surface area contributed by atoms with Crippen LogP contribution in [0.3, 0.4) is 0 Å². The molecular formula is C14H14N2O5. The van der Waals surface area contributed by atoms with Crippen LogP contribution in [-0.4, -0.2) is 22.1 Å². The van der Waals surface area contributed by atoms with Crippen molar-refractivity contribution in [2.75, 3.05) is 6.61 Å². The average Bonchev–Trinajstić information content (AvgIpc) is 2.47. The van der Waals surface area contributed by atoms with E-state index in [1.54, 1.807) is 11.5 Å². The maximum absolute atomic E-state index is 12.4. The molecule has 0 amide bonds. The van der Waals surface area contributed by atoms with Gasteiger partial charge in [0.1, 0.15) is 5.56 Å². The molecule has 2 aromatic rings. The number of ether oxygens (including phenoxy) is 1. The SMILES string of the molecule is CCOC(=O)c1cn(CC)c2ccc([N+](=O)[O-])cc2c1=O. The molecule has 0 aliphatic rings. The second kappa shape index (κ2) is 5.74. The number of hydrogen-bond donors (Lipinski definition) is 0. The molecule has 0 radical (unpaired) electrons. The normalized spacial score (nSPS) is 10.6. The fraction of sp³-hybridized carbons (Fsp3) is 0.286. The summed E-state index contributed by atoms with van der Waals surface area (Å²) in [4.78, 5) is 34.4. The number of rotatable bonds is 4. The van der Waals surface area contributed by atoms with E-state index in [1.165, 1.54) is 24.4 Å². The molecule has 0 saturated heterocycles. The maximum atomic E-state index is 12.4. The topological polar surface area (TPSA) is 91.4 Å². The number of carbonyl (C=O) groups is 1. The van der Waals surface area contributed by atoms with Gasteiger partial charge >= 0.3 is 5.97 Å². The second-order valence-electron chi connectivity index (χ2n) is 4.34. The summed E-state index contributed by atoms with van der Waals surface area (Å²) in [6, 6.07) is 4.03. The summed E-state index contributed by atoms with van der Waals surface area (Å²) in [5.41, 5.74) is -0.326. The molecule has 110 valence electrons. The predicted molar refractivity (Wildman–Crippen MR) is 76.5 cm³/mol. The molecule has 7 heteroatoms. The molecule has 1 aromatic carbocycles. The lowest BCUT2D eigenvalue weighted by molar-refractivity contribution is -0.384. The molecule has 0 atom stereocenters. The number of carbonyl (C=O) groups excluding carboxylic acids is 1. The maximum Gasteiger partial charge on any atom is 0.343 e. The average molecular weight is 290 g/mol. The summed E-state index contributed by atoms with van der Waals surface area (Å²) in [7, 11) is 0. The number of nitro benzene ring substituents is 1. The fourth-order valence-electron chi connectivity index (χ4n) is 2.11. The minimum Gasteiger partial charge on any atom is -0.462 e. The van der Waals surface area contributed by atoms with E-state index in [2.05, 4.69) is 0 Å². The van der Waals surface area contributed by atoms with Crippen LogP contribution in [0.5, 0.6) is 0 Å². The summed E-state index contributed by atoms with van der Waals surface area (Å²) in [5.74, 6) is -0.724. The van der Waals surface area contributed by atoms with Gasteiger partial charge in [0, 0.05) is 24.9 Å². The van der Waals surface area contributed by atoms with Crippen LogP contribution in [0.15, 0.2) is 29.2 Å². The molecule has 1 heterocycles. The Labute approximate surface area is 119 Å². The van der Waals surface area contributed by atoms with Crippen LogP contribution in [0.4, 0.5) is 5.69 Å². The number of pyridine rings is 1. The highest BCUT2D eigenvalue weighted by Gasteiger charge is 2.18. The van der Waals surface area contributed by atoms with Gasteiger partial charge in [0.25, 0.3) is 5.69 Å². The van der Waals surface area contributed by atoms with E-state index in [1.807, 2.05) is 6.92 Å². The van der Waals surface area contributed by atoms with E-state index in [-0.39, 0.29) is 23.2 Å². The molecule has 21 heavy (non-hydrogen) atoms. The molecule has 2 rings (SSSR count). The van der Waals surface area contributed by atoms with E-state index in [9.17, 15) is 19.7 Å². The van der Waals surface area contributed by atoms with Gasteiger partial charge in [-0.25, -0.2) is 4.79 Å². The van der Waals surface area contributed by atoms with Crippen LogP contribution >= 0.6 is 0 Å². The zero-order valence-corrected chi connectivity index (χ0v) is 11.7. The highest BCUT2D eigenvalue weighted by molar-refractivity contribution is 5.94. The lowest BCUT2D eigenvalue weighted by Gasteiger charge is -2.10. The molecule has 0 unspecified atom stereocenters. The van der Waals surface area contributed by atoms with Crippen LogP contribution in [0.25, 0.3) is 10.9 Å². The smallest absolute Gasteiger partial charge is 0.343 e. The first-order valence-electron chi connectivity index (χ1n) is 6.48. The molecule has 1 aromatic heterocycles. The summed E-state index contributed by atoms with van der Waals surface area (Å²) < 4.78 is 6.54. The number of nitro groups is 1. The highest BCUT2D eigenvalue weighted by atomic mass is 16.6. The molecule has 0 aliphatic heterocycles. The molecule has 0 spiro atoms. The molecule has 0 aliphatic carbocycles. The standard InChI is InChI=1S/C14H14N2O5/c1-3-15-8-11(14(18)21-4-2)13(17)10-7-9(16(19)20)5-6-12(10)15/h5-8H,3-4H2,1-2H3. The van der Waals surface area contributed by atoms with Crippen molar-refractivity contribution in [2.45, 2.75) is 20.4 Å². The first kappa shape index (κ1) is 14.7. The van der Waals surface area contributed by atoms with Gasteiger partial charge in [-0.3, -0.25) is 14.9 Å². The zero-order valence-electron chi connectivity index (χ0n) is 11.7. The molecule has 7 nitrogen and oxygen atoms in total. The molecule has 0 saturated carbocycles. The lowest BCUT2D eigenvalue weighted by atomic mass is 10.1. The number of esters is 1. The number of hydrogen-bond acceptors (Lipinski definition) is 5. The van der Waals surface area contributed by atoms with Gasteiger partial charge < -0.3 is 9.30 Å².